The van der Waals surface area contributed by atoms with Crippen molar-refractivity contribution in [2.45, 2.75) is 26.2 Å². The van der Waals surface area contributed by atoms with Crippen LogP contribution in [-0.4, -0.2) is 0 Å². The summed E-state index contributed by atoms with van der Waals surface area (Å²) in [6.45, 7) is 6.76. The van der Waals surface area contributed by atoms with Gasteiger partial charge in [0.15, 0.2) is 4.67 Å². The first-order chi connectivity index (χ1) is 24.3. The molecule has 2 heterocycles. The van der Waals surface area contributed by atoms with Gasteiger partial charge in [-0.15, -0.1) is 0 Å². The van der Waals surface area contributed by atoms with Crippen molar-refractivity contribution in [3.05, 3.63) is 162 Å². The molecule has 0 bridgehead atoms. The zero-order valence-corrected chi connectivity index (χ0v) is 29.7. The molecule has 0 radical (unpaired) electrons. The van der Waals surface area contributed by atoms with Gasteiger partial charge in [0.2, 0.25) is 0 Å². The number of benzene rings is 7. The van der Waals surface area contributed by atoms with Gasteiger partial charge in [-0.1, -0.05) is 106 Å². The summed E-state index contributed by atoms with van der Waals surface area (Å²) in [6.07, 6.45) is 0. The molecule has 0 N–H and O–H groups in total. The molecule has 0 saturated heterocycles. The summed E-state index contributed by atoms with van der Waals surface area (Å²) in [4.78, 5) is 2.34. The molecule has 50 heavy (non-hydrogen) atoms. The lowest BCUT2D eigenvalue weighted by atomic mass is 9.87. The van der Waals surface area contributed by atoms with E-state index in [1.165, 1.54) is 16.7 Å². The Morgan fingerprint density at radius 1 is 0.460 bits per heavy atom. The zero-order valence-electron chi connectivity index (χ0n) is 28.1. The van der Waals surface area contributed by atoms with Gasteiger partial charge >= 0.3 is 0 Å². The molecule has 9 aromatic rings. The number of anilines is 3. The molecule has 242 valence electrons. The first kappa shape index (κ1) is 30.5. The van der Waals surface area contributed by atoms with E-state index < -0.39 is 0 Å². The van der Waals surface area contributed by atoms with Crippen LogP contribution < -0.4 is 4.90 Å². The molecule has 0 aliphatic rings. The van der Waals surface area contributed by atoms with Gasteiger partial charge in [0.05, 0.1) is 0 Å². The van der Waals surface area contributed by atoms with Crippen molar-refractivity contribution in [2.75, 3.05) is 4.90 Å². The Hall–Kier alpha value is -5.58. The minimum atomic E-state index is 0.0810. The van der Waals surface area contributed by atoms with Gasteiger partial charge in [0.1, 0.15) is 16.9 Å². The monoisotopic (exact) mass is 711 g/mol. The number of fused-ring (bicyclic) bond motifs is 6. The van der Waals surface area contributed by atoms with Crippen molar-refractivity contribution in [1.29, 1.82) is 0 Å². The van der Waals surface area contributed by atoms with Gasteiger partial charge in [0, 0.05) is 44.2 Å². The van der Waals surface area contributed by atoms with Gasteiger partial charge in [-0.05, 0) is 116 Å². The molecule has 9 rings (SSSR count). The second-order valence-corrected chi connectivity index (χ2v) is 14.8. The van der Waals surface area contributed by atoms with Crippen LogP contribution in [0.4, 0.5) is 17.1 Å². The minimum Gasteiger partial charge on any atom is -0.455 e. The summed E-state index contributed by atoms with van der Waals surface area (Å²) in [5.41, 5.74) is 9.91. The fourth-order valence-electron chi connectivity index (χ4n) is 7.03. The summed E-state index contributed by atoms with van der Waals surface area (Å²) >= 11 is 3.48. The van der Waals surface area contributed by atoms with E-state index in [4.69, 9.17) is 8.83 Å². The van der Waals surface area contributed by atoms with Crippen LogP contribution in [0.5, 0.6) is 0 Å². The molecular weight excluding hydrogens is 678 g/mol. The Balaban J connectivity index is 1.10. The second-order valence-electron chi connectivity index (χ2n) is 14.0. The predicted octanol–water partition coefficient (Wildman–Crippen LogP) is 14.3. The van der Waals surface area contributed by atoms with Gasteiger partial charge < -0.3 is 13.7 Å². The van der Waals surface area contributed by atoms with E-state index >= 15 is 0 Å². The average molecular weight is 713 g/mol. The van der Waals surface area contributed by atoms with E-state index in [0.29, 0.717) is 0 Å². The van der Waals surface area contributed by atoms with Crippen molar-refractivity contribution in [1.82, 2.24) is 0 Å². The summed E-state index contributed by atoms with van der Waals surface area (Å²) in [5, 5.41) is 6.53. The number of rotatable bonds is 5. The van der Waals surface area contributed by atoms with Gasteiger partial charge in [-0.25, -0.2) is 0 Å². The largest absolute Gasteiger partial charge is 0.455 e. The Bertz CT molecular complexity index is 2680. The topological polar surface area (TPSA) is 29.5 Å². The summed E-state index contributed by atoms with van der Waals surface area (Å²) < 4.78 is 13.3. The van der Waals surface area contributed by atoms with Crippen molar-refractivity contribution in [2.24, 2.45) is 0 Å². The summed E-state index contributed by atoms with van der Waals surface area (Å²) in [6, 6.07) is 54.2. The van der Waals surface area contributed by atoms with E-state index in [1.807, 2.05) is 6.07 Å². The van der Waals surface area contributed by atoms with Crippen LogP contribution >= 0.6 is 15.9 Å². The van der Waals surface area contributed by atoms with E-state index in [0.717, 1.165) is 76.5 Å². The molecule has 0 fully saturated rings. The Morgan fingerprint density at radius 3 is 1.70 bits per heavy atom. The molecule has 7 aromatic carbocycles. The summed E-state index contributed by atoms with van der Waals surface area (Å²) in [5.74, 6) is 0.846. The minimum absolute atomic E-state index is 0.0810. The molecule has 0 unspecified atom stereocenters. The maximum absolute atomic E-state index is 6.56. The average Bonchev–Trinajstić information content (AvgIpc) is 3.75. The molecule has 3 nitrogen and oxygen atoms in total. The molecule has 0 spiro atoms. The molecule has 0 aliphatic carbocycles. The third-order valence-corrected chi connectivity index (χ3v) is 10.1. The normalized spacial score (nSPS) is 12.0. The Kier molecular flexibility index (Phi) is 7.18. The number of halogens is 1. The lowest BCUT2D eigenvalue weighted by Crippen LogP contribution is -2.13. The number of furan rings is 2. The third kappa shape index (κ3) is 5.37. The molecule has 0 amide bonds. The van der Waals surface area contributed by atoms with Crippen LogP contribution in [0.25, 0.3) is 65.9 Å². The Labute approximate surface area is 299 Å². The number of hydrogen-bond acceptors (Lipinski definition) is 3. The number of hydrogen-bond donors (Lipinski definition) is 0. The first-order valence-corrected chi connectivity index (χ1v) is 17.7. The van der Waals surface area contributed by atoms with Crippen molar-refractivity contribution < 1.29 is 8.83 Å². The molecule has 0 atom stereocenters. The highest BCUT2D eigenvalue weighted by Gasteiger charge is 2.18. The highest BCUT2D eigenvalue weighted by Crippen LogP contribution is 2.40. The molecular formula is C46H34BrNO2. The van der Waals surface area contributed by atoms with Gasteiger partial charge in [-0.2, -0.15) is 0 Å². The van der Waals surface area contributed by atoms with Crippen molar-refractivity contribution in [3.8, 4) is 22.5 Å². The van der Waals surface area contributed by atoms with E-state index in [2.05, 4.69) is 187 Å². The maximum Gasteiger partial charge on any atom is 0.170 e. The second kappa shape index (κ2) is 11.8. The van der Waals surface area contributed by atoms with Crippen molar-refractivity contribution in [3.63, 3.8) is 0 Å². The Morgan fingerprint density at radius 2 is 1.00 bits per heavy atom. The van der Waals surface area contributed by atoms with Crippen LogP contribution in [0.15, 0.2) is 165 Å². The highest BCUT2D eigenvalue weighted by molar-refractivity contribution is 9.10. The third-order valence-electron chi connectivity index (χ3n) is 9.72. The van der Waals surface area contributed by atoms with Crippen LogP contribution in [0, 0.1) is 0 Å². The van der Waals surface area contributed by atoms with Crippen LogP contribution in [0.3, 0.4) is 0 Å². The van der Waals surface area contributed by atoms with Crippen LogP contribution in [0.1, 0.15) is 26.3 Å². The molecule has 0 saturated carbocycles. The zero-order chi connectivity index (χ0) is 34.0. The lowest BCUT2D eigenvalue weighted by Gasteiger charge is -2.27. The van der Waals surface area contributed by atoms with Gasteiger partial charge in [-0.3, -0.25) is 0 Å². The predicted molar refractivity (Wildman–Crippen MR) is 213 cm³/mol. The van der Waals surface area contributed by atoms with Gasteiger partial charge in [0.25, 0.3) is 0 Å². The SMILES string of the molecule is CC(C)(C)c1ccc(N(c2ccc(-c3ccccc3)cc2)c2ccc3cc(-c4cc5ccc6c(ccc7cc(Br)oc76)c5o4)ccc3c2)cc1. The molecule has 0 aliphatic heterocycles. The maximum atomic E-state index is 6.56. The highest BCUT2D eigenvalue weighted by atomic mass is 79.9. The van der Waals surface area contributed by atoms with E-state index in [-0.39, 0.29) is 5.41 Å². The van der Waals surface area contributed by atoms with E-state index in [9.17, 15) is 0 Å². The molecule has 2 aromatic heterocycles. The quantitative estimate of drug-likeness (QED) is 0.178. The fraction of sp³-hybridized carbons (Fsp3) is 0.0870. The fourth-order valence-corrected chi connectivity index (χ4v) is 7.44. The smallest absolute Gasteiger partial charge is 0.170 e. The lowest BCUT2D eigenvalue weighted by molar-refractivity contribution is 0.590. The first-order valence-electron chi connectivity index (χ1n) is 16.9. The summed E-state index contributed by atoms with van der Waals surface area (Å²) in [7, 11) is 0. The number of nitrogens with zero attached hydrogens (tertiary/aromatic N) is 1. The standard InChI is InChI=1S/C46H34BrNO2/c1-46(2,3)36-16-21-38(22-17-36)48(37-18-11-30(12-19-37)29-7-5-4-6-8-29)39-20-13-31-25-33(10-9-32(31)26-39)42-27-34-14-23-41-40(44(34)49-42)24-15-35-28-43(47)50-45(35)41/h4-28H,1-3H3. The van der Waals surface area contributed by atoms with Crippen molar-refractivity contribution >= 4 is 76.5 Å². The van der Waals surface area contributed by atoms with E-state index in [1.54, 1.807) is 0 Å². The molecule has 4 heteroatoms. The van der Waals surface area contributed by atoms with Crippen LogP contribution in [0.2, 0.25) is 0 Å². The van der Waals surface area contributed by atoms with Crippen LogP contribution in [-0.2, 0) is 5.41 Å².